The largest absolute Gasteiger partial charge is 0.274 e. The van der Waals surface area contributed by atoms with E-state index in [0.717, 1.165) is 5.69 Å². The molecule has 0 aliphatic rings. The van der Waals surface area contributed by atoms with Crippen LogP contribution in [0.3, 0.4) is 0 Å². The molecule has 0 fully saturated rings. The van der Waals surface area contributed by atoms with Crippen LogP contribution in [0.25, 0.3) is 16.6 Å². The number of nitro benzene ring substituents is 1. The highest BCUT2D eigenvalue weighted by molar-refractivity contribution is 5.82. The third-order valence-corrected chi connectivity index (χ3v) is 3.24. The van der Waals surface area contributed by atoms with E-state index in [9.17, 15) is 14.9 Å². The van der Waals surface area contributed by atoms with Crippen LogP contribution < -0.4 is 5.56 Å². The maximum atomic E-state index is 12.2. The minimum atomic E-state index is -0.501. The Morgan fingerprint density at radius 3 is 2.45 bits per heavy atom. The molecule has 1 heterocycles. The van der Waals surface area contributed by atoms with E-state index in [0.29, 0.717) is 10.9 Å². The average Bonchev–Trinajstić information content (AvgIpc) is 2.71. The van der Waals surface area contributed by atoms with Gasteiger partial charge in [-0.25, -0.2) is 4.68 Å². The van der Waals surface area contributed by atoms with E-state index in [4.69, 9.17) is 0 Å². The molecule has 3 aromatic rings. The smallest absolute Gasteiger partial charge is 0.267 e. The highest BCUT2D eigenvalue weighted by atomic mass is 16.6. The standard InChI is InChI=1S/C14H11N3O3/c1-15-14(18)12-9-11(17(19)20)7-8-13(12)16(15)10-5-3-2-4-6-10/h2-9H,1H3. The molecule has 0 saturated heterocycles. The van der Waals surface area contributed by atoms with Gasteiger partial charge in [0.1, 0.15) is 0 Å². The van der Waals surface area contributed by atoms with Gasteiger partial charge in [-0.2, -0.15) is 0 Å². The zero-order valence-electron chi connectivity index (χ0n) is 10.7. The third-order valence-electron chi connectivity index (χ3n) is 3.24. The lowest BCUT2D eigenvalue weighted by atomic mass is 10.2. The Labute approximate surface area is 113 Å². The first-order valence-electron chi connectivity index (χ1n) is 6.01. The van der Waals surface area contributed by atoms with Crippen LogP contribution in [0.15, 0.2) is 53.3 Å². The van der Waals surface area contributed by atoms with Gasteiger partial charge in [0.25, 0.3) is 11.2 Å². The summed E-state index contributed by atoms with van der Waals surface area (Å²) < 4.78 is 3.19. The first-order valence-corrected chi connectivity index (χ1v) is 6.01. The van der Waals surface area contributed by atoms with Crippen LogP contribution in [0, 0.1) is 10.1 Å². The van der Waals surface area contributed by atoms with Gasteiger partial charge in [0, 0.05) is 19.2 Å². The van der Waals surface area contributed by atoms with Crippen molar-refractivity contribution in [1.82, 2.24) is 9.36 Å². The predicted molar refractivity (Wildman–Crippen MR) is 75.2 cm³/mol. The van der Waals surface area contributed by atoms with Gasteiger partial charge in [-0.15, -0.1) is 0 Å². The van der Waals surface area contributed by atoms with Gasteiger partial charge in [-0.05, 0) is 18.2 Å². The summed E-state index contributed by atoms with van der Waals surface area (Å²) in [5.41, 5.74) is 1.14. The Bertz CT molecular complexity index is 862. The Morgan fingerprint density at radius 2 is 1.80 bits per heavy atom. The number of para-hydroxylation sites is 1. The Hall–Kier alpha value is -2.89. The SMILES string of the molecule is Cn1c(=O)c2cc([N+](=O)[O-])ccc2n1-c1ccccc1. The quantitative estimate of drug-likeness (QED) is 0.529. The number of nitro groups is 1. The molecular weight excluding hydrogens is 258 g/mol. The number of aromatic nitrogens is 2. The second-order valence-corrected chi connectivity index (χ2v) is 4.43. The van der Waals surface area contributed by atoms with E-state index in [1.165, 1.54) is 16.8 Å². The molecule has 0 atom stereocenters. The average molecular weight is 269 g/mol. The fraction of sp³-hybridized carbons (Fsp3) is 0.0714. The fourth-order valence-electron chi connectivity index (χ4n) is 2.30. The summed E-state index contributed by atoms with van der Waals surface area (Å²) >= 11 is 0. The molecular formula is C14H11N3O3. The van der Waals surface area contributed by atoms with Crippen LogP contribution in [-0.4, -0.2) is 14.3 Å². The van der Waals surface area contributed by atoms with Crippen molar-refractivity contribution in [1.29, 1.82) is 0 Å². The second-order valence-electron chi connectivity index (χ2n) is 4.43. The molecule has 3 rings (SSSR count). The molecule has 0 radical (unpaired) electrons. The predicted octanol–water partition coefficient (Wildman–Crippen LogP) is 2.24. The lowest BCUT2D eigenvalue weighted by Gasteiger charge is -2.08. The van der Waals surface area contributed by atoms with E-state index >= 15 is 0 Å². The molecule has 6 nitrogen and oxygen atoms in total. The monoisotopic (exact) mass is 269 g/mol. The van der Waals surface area contributed by atoms with Crippen LogP contribution in [0.1, 0.15) is 0 Å². The second kappa shape index (κ2) is 4.34. The summed E-state index contributed by atoms with van der Waals surface area (Å²) in [6, 6.07) is 13.7. The number of nitrogens with zero attached hydrogens (tertiary/aromatic N) is 3. The molecule has 0 unspecified atom stereocenters. The van der Waals surface area contributed by atoms with Gasteiger partial charge >= 0.3 is 0 Å². The van der Waals surface area contributed by atoms with Crippen molar-refractivity contribution >= 4 is 16.6 Å². The van der Waals surface area contributed by atoms with Crippen LogP contribution >= 0.6 is 0 Å². The van der Waals surface area contributed by atoms with E-state index in [1.54, 1.807) is 17.8 Å². The minimum Gasteiger partial charge on any atom is -0.267 e. The molecule has 6 heteroatoms. The molecule has 0 spiro atoms. The summed E-state index contributed by atoms with van der Waals surface area (Å²) in [6.45, 7) is 0. The summed E-state index contributed by atoms with van der Waals surface area (Å²) in [7, 11) is 1.64. The summed E-state index contributed by atoms with van der Waals surface area (Å²) in [5.74, 6) is 0. The number of fused-ring (bicyclic) bond motifs is 1. The summed E-state index contributed by atoms with van der Waals surface area (Å²) in [6.07, 6.45) is 0. The van der Waals surface area contributed by atoms with Gasteiger partial charge in [0.2, 0.25) is 0 Å². The van der Waals surface area contributed by atoms with Gasteiger partial charge in [-0.3, -0.25) is 19.6 Å². The number of hydrogen-bond donors (Lipinski definition) is 0. The zero-order chi connectivity index (χ0) is 14.3. The molecule has 0 N–H and O–H groups in total. The third kappa shape index (κ3) is 1.70. The van der Waals surface area contributed by atoms with Crippen molar-refractivity contribution in [2.24, 2.45) is 7.05 Å². The van der Waals surface area contributed by atoms with Crippen molar-refractivity contribution in [2.45, 2.75) is 0 Å². The molecule has 0 saturated carbocycles. The normalized spacial score (nSPS) is 10.8. The highest BCUT2D eigenvalue weighted by Gasteiger charge is 2.15. The molecule has 1 aromatic heterocycles. The van der Waals surface area contributed by atoms with E-state index in [-0.39, 0.29) is 11.2 Å². The summed E-state index contributed by atoms with van der Waals surface area (Å²) in [5, 5.41) is 11.1. The lowest BCUT2D eigenvalue weighted by molar-refractivity contribution is -0.384. The van der Waals surface area contributed by atoms with Crippen LogP contribution in [0.2, 0.25) is 0 Å². The maximum absolute atomic E-state index is 12.2. The fourth-order valence-corrected chi connectivity index (χ4v) is 2.30. The molecule has 20 heavy (non-hydrogen) atoms. The van der Waals surface area contributed by atoms with Crippen LogP contribution in [0.5, 0.6) is 0 Å². The van der Waals surface area contributed by atoms with Crippen molar-refractivity contribution in [3.63, 3.8) is 0 Å². The first kappa shape index (κ1) is 12.2. The molecule has 2 aromatic carbocycles. The number of rotatable bonds is 2. The van der Waals surface area contributed by atoms with E-state index in [1.807, 2.05) is 30.3 Å². The molecule has 0 amide bonds. The van der Waals surface area contributed by atoms with Gasteiger partial charge in [0.05, 0.1) is 21.5 Å². The minimum absolute atomic E-state index is 0.0830. The first-order chi connectivity index (χ1) is 9.59. The lowest BCUT2D eigenvalue weighted by Crippen LogP contribution is -2.17. The summed E-state index contributed by atoms with van der Waals surface area (Å²) in [4.78, 5) is 22.5. The molecule has 0 aliphatic carbocycles. The van der Waals surface area contributed by atoms with Gasteiger partial charge in [-0.1, -0.05) is 18.2 Å². The maximum Gasteiger partial charge on any atom is 0.274 e. The van der Waals surface area contributed by atoms with Crippen molar-refractivity contribution in [3.05, 3.63) is 69.0 Å². The molecule has 0 aliphatic heterocycles. The van der Waals surface area contributed by atoms with E-state index in [2.05, 4.69) is 0 Å². The Morgan fingerprint density at radius 1 is 1.10 bits per heavy atom. The van der Waals surface area contributed by atoms with Crippen LogP contribution in [0.4, 0.5) is 5.69 Å². The zero-order valence-corrected chi connectivity index (χ0v) is 10.7. The van der Waals surface area contributed by atoms with Crippen molar-refractivity contribution < 1.29 is 4.92 Å². The van der Waals surface area contributed by atoms with Crippen molar-refractivity contribution in [2.75, 3.05) is 0 Å². The van der Waals surface area contributed by atoms with Crippen molar-refractivity contribution in [3.8, 4) is 5.69 Å². The topological polar surface area (TPSA) is 70.1 Å². The van der Waals surface area contributed by atoms with Gasteiger partial charge in [0.15, 0.2) is 0 Å². The van der Waals surface area contributed by atoms with Crippen LogP contribution in [-0.2, 0) is 7.05 Å². The van der Waals surface area contributed by atoms with Gasteiger partial charge < -0.3 is 0 Å². The number of benzene rings is 2. The Balaban J connectivity index is 2.38. The number of non-ortho nitro benzene ring substituents is 1. The molecule has 0 bridgehead atoms. The highest BCUT2D eigenvalue weighted by Crippen LogP contribution is 2.21. The Kier molecular flexibility index (Phi) is 2.64. The molecule has 100 valence electrons. The van der Waals surface area contributed by atoms with E-state index < -0.39 is 4.92 Å². The number of hydrogen-bond acceptors (Lipinski definition) is 3.